The summed E-state index contributed by atoms with van der Waals surface area (Å²) in [5.74, 6) is -1.03. The molecule has 0 aromatic rings. The average molecular weight is 230 g/mol. The van der Waals surface area contributed by atoms with Crippen molar-refractivity contribution in [3.05, 3.63) is 0 Å². The number of carboxylic acid groups (broad SMARTS) is 1. The van der Waals surface area contributed by atoms with Crippen molar-refractivity contribution in [1.29, 1.82) is 0 Å². The van der Waals surface area contributed by atoms with Crippen LogP contribution in [0.1, 0.15) is 52.9 Å². The number of aliphatic carboxylic acids is 1. The Hall–Kier alpha value is -1.06. The summed E-state index contributed by atoms with van der Waals surface area (Å²) in [4.78, 5) is 22.1. The maximum Gasteiger partial charge on any atom is 0.345 e. The van der Waals surface area contributed by atoms with Crippen molar-refractivity contribution in [2.75, 3.05) is 0 Å². The van der Waals surface area contributed by atoms with E-state index in [4.69, 9.17) is 9.84 Å². The fraction of sp³-hybridized carbons (Fsp3) is 0.833. The van der Waals surface area contributed by atoms with Crippen molar-refractivity contribution in [2.24, 2.45) is 5.92 Å². The smallest absolute Gasteiger partial charge is 0.345 e. The number of hydrogen-bond acceptors (Lipinski definition) is 3. The number of carboxylic acids is 1. The quantitative estimate of drug-likeness (QED) is 0.651. The zero-order valence-corrected chi connectivity index (χ0v) is 10.4. The number of ether oxygens (including phenoxy) is 1. The Balaban J connectivity index is 3.98. The summed E-state index contributed by atoms with van der Waals surface area (Å²) in [6, 6.07) is 0. The van der Waals surface area contributed by atoms with Crippen LogP contribution in [0.5, 0.6) is 0 Å². The fourth-order valence-electron chi connectivity index (χ4n) is 1.25. The third kappa shape index (κ3) is 7.26. The highest BCUT2D eigenvalue weighted by atomic mass is 16.6. The van der Waals surface area contributed by atoms with Crippen LogP contribution in [0.15, 0.2) is 0 Å². The molecule has 0 aromatic heterocycles. The molecule has 0 aliphatic heterocycles. The van der Waals surface area contributed by atoms with E-state index in [1.807, 2.05) is 20.8 Å². The average Bonchev–Trinajstić information content (AvgIpc) is 2.20. The zero-order valence-electron chi connectivity index (χ0n) is 10.4. The third-order valence-corrected chi connectivity index (χ3v) is 2.29. The molecule has 0 saturated heterocycles. The van der Waals surface area contributed by atoms with Crippen molar-refractivity contribution in [2.45, 2.75) is 59.0 Å². The minimum absolute atomic E-state index is 0.299. The number of rotatable bonds is 8. The monoisotopic (exact) mass is 230 g/mol. The molecule has 1 unspecified atom stereocenters. The Bertz CT molecular complexity index is 223. The predicted octanol–water partition coefficient (Wildman–Crippen LogP) is 2.61. The molecule has 0 bridgehead atoms. The van der Waals surface area contributed by atoms with E-state index in [2.05, 4.69) is 0 Å². The summed E-state index contributed by atoms with van der Waals surface area (Å²) < 4.78 is 4.93. The van der Waals surface area contributed by atoms with E-state index < -0.39 is 18.0 Å². The normalized spacial score (nSPS) is 12.5. The maximum absolute atomic E-state index is 11.3. The molecule has 4 heteroatoms. The van der Waals surface area contributed by atoms with Crippen LogP contribution in [-0.4, -0.2) is 23.1 Å². The van der Waals surface area contributed by atoms with Gasteiger partial charge in [0.1, 0.15) is 0 Å². The molecule has 0 saturated carbocycles. The summed E-state index contributed by atoms with van der Waals surface area (Å²) in [5, 5.41) is 8.85. The van der Waals surface area contributed by atoms with E-state index in [0.29, 0.717) is 18.8 Å². The third-order valence-electron chi connectivity index (χ3n) is 2.29. The van der Waals surface area contributed by atoms with Crippen LogP contribution < -0.4 is 0 Å². The Kier molecular flexibility index (Phi) is 7.60. The van der Waals surface area contributed by atoms with Crippen molar-refractivity contribution >= 4 is 11.9 Å². The standard InChI is InChI=1S/C12H22O4/c1-4-5-6-10(12(14)15)16-11(13)8-7-9(2)3/h9-10H,4-8H2,1-3H3,(H,14,15). The van der Waals surface area contributed by atoms with E-state index in [1.165, 1.54) is 0 Å². The molecule has 0 rings (SSSR count). The molecule has 1 N–H and O–H groups in total. The molecular formula is C12H22O4. The molecule has 0 aromatic carbocycles. The second kappa shape index (κ2) is 8.13. The number of carbonyl (C=O) groups is 2. The van der Waals surface area contributed by atoms with Gasteiger partial charge in [-0.05, 0) is 25.2 Å². The van der Waals surface area contributed by atoms with Crippen LogP contribution in [0.25, 0.3) is 0 Å². The second-order valence-corrected chi connectivity index (χ2v) is 4.39. The highest BCUT2D eigenvalue weighted by molar-refractivity contribution is 5.77. The van der Waals surface area contributed by atoms with Crippen molar-refractivity contribution < 1.29 is 19.4 Å². The summed E-state index contributed by atoms with van der Waals surface area (Å²) >= 11 is 0. The van der Waals surface area contributed by atoms with Crippen molar-refractivity contribution in [3.8, 4) is 0 Å². The van der Waals surface area contributed by atoms with Crippen LogP contribution in [0.4, 0.5) is 0 Å². The molecule has 4 nitrogen and oxygen atoms in total. The van der Waals surface area contributed by atoms with Crippen LogP contribution in [0.2, 0.25) is 0 Å². The Labute approximate surface area is 97.0 Å². The molecule has 16 heavy (non-hydrogen) atoms. The summed E-state index contributed by atoms with van der Waals surface area (Å²) in [6.07, 6.45) is 2.12. The lowest BCUT2D eigenvalue weighted by Crippen LogP contribution is -2.27. The predicted molar refractivity (Wildman–Crippen MR) is 61.1 cm³/mol. The molecule has 0 aliphatic rings. The van der Waals surface area contributed by atoms with E-state index >= 15 is 0 Å². The van der Waals surface area contributed by atoms with Gasteiger partial charge in [0.05, 0.1) is 0 Å². The minimum atomic E-state index is -1.05. The number of hydrogen-bond donors (Lipinski definition) is 1. The minimum Gasteiger partial charge on any atom is -0.479 e. The molecule has 0 radical (unpaired) electrons. The van der Waals surface area contributed by atoms with Crippen LogP contribution >= 0.6 is 0 Å². The first-order valence-corrected chi connectivity index (χ1v) is 5.89. The number of esters is 1. The summed E-state index contributed by atoms with van der Waals surface area (Å²) in [6.45, 7) is 6.00. The van der Waals surface area contributed by atoms with E-state index in [9.17, 15) is 9.59 Å². The van der Waals surface area contributed by atoms with Crippen molar-refractivity contribution in [1.82, 2.24) is 0 Å². The Morgan fingerprint density at radius 3 is 2.31 bits per heavy atom. The number of unbranched alkanes of at least 4 members (excludes halogenated alkanes) is 1. The van der Waals surface area contributed by atoms with Crippen LogP contribution in [-0.2, 0) is 14.3 Å². The molecule has 94 valence electrons. The van der Waals surface area contributed by atoms with E-state index in [1.54, 1.807) is 0 Å². The van der Waals surface area contributed by atoms with Gasteiger partial charge >= 0.3 is 11.9 Å². The molecule has 0 amide bonds. The topological polar surface area (TPSA) is 63.6 Å². The molecule has 1 atom stereocenters. The summed E-state index contributed by atoms with van der Waals surface area (Å²) in [7, 11) is 0. The first-order chi connectivity index (χ1) is 7.47. The SMILES string of the molecule is CCCCC(OC(=O)CCC(C)C)C(=O)O. The fourth-order valence-corrected chi connectivity index (χ4v) is 1.25. The van der Waals surface area contributed by atoms with Gasteiger partial charge in [-0.25, -0.2) is 4.79 Å². The first-order valence-electron chi connectivity index (χ1n) is 5.89. The highest BCUT2D eigenvalue weighted by Gasteiger charge is 2.21. The Morgan fingerprint density at radius 2 is 1.88 bits per heavy atom. The van der Waals surface area contributed by atoms with Gasteiger partial charge in [-0.1, -0.05) is 27.2 Å². The largest absolute Gasteiger partial charge is 0.479 e. The molecule has 0 heterocycles. The maximum atomic E-state index is 11.3. The van der Waals surface area contributed by atoms with Gasteiger partial charge in [0.25, 0.3) is 0 Å². The van der Waals surface area contributed by atoms with Gasteiger partial charge in [-0.15, -0.1) is 0 Å². The molecule has 0 spiro atoms. The van der Waals surface area contributed by atoms with Gasteiger partial charge in [-0.3, -0.25) is 4.79 Å². The Morgan fingerprint density at radius 1 is 1.25 bits per heavy atom. The zero-order chi connectivity index (χ0) is 12.6. The van der Waals surface area contributed by atoms with E-state index in [0.717, 1.165) is 19.3 Å². The van der Waals surface area contributed by atoms with Gasteiger partial charge < -0.3 is 9.84 Å². The van der Waals surface area contributed by atoms with Crippen LogP contribution in [0.3, 0.4) is 0 Å². The van der Waals surface area contributed by atoms with Crippen molar-refractivity contribution in [3.63, 3.8) is 0 Å². The lowest BCUT2D eigenvalue weighted by atomic mass is 10.1. The number of carbonyl (C=O) groups excluding carboxylic acids is 1. The van der Waals surface area contributed by atoms with Gasteiger partial charge in [0.2, 0.25) is 0 Å². The van der Waals surface area contributed by atoms with Gasteiger partial charge in [0.15, 0.2) is 6.10 Å². The van der Waals surface area contributed by atoms with Crippen LogP contribution in [0, 0.1) is 5.92 Å². The lowest BCUT2D eigenvalue weighted by Gasteiger charge is -2.13. The highest BCUT2D eigenvalue weighted by Crippen LogP contribution is 2.09. The van der Waals surface area contributed by atoms with Gasteiger partial charge in [0, 0.05) is 6.42 Å². The second-order valence-electron chi connectivity index (χ2n) is 4.39. The molecule has 0 aliphatic carbocycles. The molecule has 0 fully saturated rings. The summed E-state index contributed by atoms with van der Waals surface area (Å²) in [5.41, 5.74) is 0. The lowest BCUT2D eigenvalue weighted by molar-refractivity contribution is -0.164. The first kappa shape index (κ1) is 14.9. The molecular weight excluding hydrogens is 208 g/mol. The van der Waals surface area contributed by atoms with Gasteiger partial charge in [-0.2, -0.15) is 0 Å². The van der Waals surface area contributed by atoms with E-state index in [-0.39, 0.29) is 0 Å².